The molecule has 0 unspecified atom stereocenters. The standard InChI is InChI=1S/C38H54F3N7O6S2/c1-26(2)24-54-37(51)42-28-9-19-45(20-10-28)35(50)25-55-33-22-27(7-8-31(33)38(39,40)41)36-30-23-46(56(3,52)53)21-13-32(30)48(43-36)16-5-14-44-17-11-29(12-18-44)47-15-4-6-34(47)49/h7-8,22,26,28-29H,4-6,9-21,23-25H2,1-3H3,(H,42,51). The average Bonchev–Trinajstić information content (AvgIpc) is 3.75. The first-order valence-corrected chi connectivity index (χ1v) is 22.5. The summed E-state index contributed by atoms with van der Waals surface area (Å²) in [5, 5.41) is 7.73. The van der Waals surface area contributed by atoms with E-state index in [1.807, 2.05) is 23.4 Å². The number of halogens is 3. The molecule has 310 valence electrons. The Hall–Kier alpha value is -3.35. The normalized spacial score (nSPS) is 19.5. The lowest BCUT2D eigenvalue weighted by molar-refractivity contribution is -0.139. The van der Waals surface area contributed by atoms with Crippen molar-refractivity contribution in [3.05, 3.63) is 35.0 Å². The van der Waals surface area contributed by atoms with Gasteiger partial charge in [-0.3, -0.25) is 14.3 Å². The van der Waals surface area contributed by atoms with Crippen LogP contribution in [0.4, 0.5) is 18.0 Å². The van der Waals surface area contributed by atoms with Gasteiger partial charge in [0.25, 0.3) is 0 Å². The van der Waals surface area contributed by atoms with Crippen molar-refractivity contribution in [1.29, 1.82) is 0 Å². The Morgan fingerprint density at radius 3 is 2.39 bits per heavy atom. The maximum Gasteiger partial charge on any atom is 0.417 e. The Balaban J connectivity index is 1.13. The zero-order valence-electron chi connectivity index (χ0n) is 32.5. The third-order valence-electron chi connectivity index (χ3n) is 11.1. The van der Waals surface area contributed by atoms with Crippen molar-refractivity contribution in [3.8, 4) is 11.3 Å². The van der Waals surface area contributed by atoms with Crippen LogP contribution in [0.25, 0.3) is 11.3 Å². The molecule has 3 fully saturated rings. The number of carbonyl (C=O) groups excluding carboxylic acids is 3. The number of nitrogens with one attached hydrogen (secondary N) is 1. The number of ether oxygens (including phenoxy) is 1. The second kappa shape index (κ2) is 18.1. The van der Waals surface area contributed by atoms with Crippen molar-refractivity contribution in [1.82, 2.24) is 34.1 Å². The molecule has 5 heterocycles. The maximum absolute atomic E-state index is 14.3. The molecule has 3 saturated heterocycles. The van der Waals surface area contributed by atoms with Gasteiger partial charge in [0.05, 0.1) is 29.9 Å². The van der Waals surface area contributed by atoms with Crippen molar-refractivity contribution in [2.45, 2.75) is 101 Å². The van der Waals surface area contributed by atoms with Crippen molar-refractivity contribution in [2.24, 2.45) is 5.92 Å². The second-order valence-corrected chi connectivity index (χ2v) is 18.7. The Labute approximate surface area is 331 Å². The van der Waals surface area contributed by atoms with Crippen LogP contribution in [-0.4, -0.2) is 132 Å². The van der Waals surface area contributed by atoms with Gasteiger partial charge in [-0.2, -0.15) is 22.6 Å². The Kier molecular flexibility index (Phi) is 13.6. The lowest BCUT2D eigenvalue weighted by Gasteiger charge is -2.36. The summed E-state index contributed by atoms with van der Waals surface area (Å²) >= 11 is 0.823. The molecule has 0 radical (unpaired) electrons. The van der Waals surface area contributed by atoms with Crippen LogP contribution in [-0.2, 0) is 50.0 Å². The highest BCUT2D eigenvalue weighted by atomic mass is 32.2. The zero-order valence-corrected chi connectivity index (χ0v) is 34.1. The molecule has 0 bridgehead atoms. The van der Waals surface area contributed by atoms with Crippen LogP contribution >= 0.6 is 11.8 Å². The van der Waals surface area contributed by atoms with E-state index in [0.717, 1.165) is 81.6 Å². The summed E-state index contributed by atoms with van der Waals surface area (Å²) in [5.41, 5.74) is 1.56. The van der Waals surface area contributed by atoms with E-state index in [9.17, 15) is 36.0 Å². The lowest BCUT2D eigenvalue weighted by atomic mass is 10.0. The number of aromatic nitrogens is 2. The number of benzene rings is 1. The minimum Gasteiger partial charge on any atom is -0.449 e. The number of thioether (sulfide) groups is 1. The van der Waals surface area contributed by atoms with Gasteiger partial charge < -0.3 is 24.8 Å². The molecule has 1 aromatic carbocycles. The van der Waals surface area contributed by atoms with E-state index in [1.54, 1.807) is 4.90 Å². The number of rotatable bonds is 13. The van der Waals surface area contributed by atoms with Crippen molar-refractivity contribution < 1.29 is 40.7 Å². The van der Waals surface area contributed by atoms with E-state index in [1.165, 1.54) is 16.4 Å². The number of hydrogen-bond acceptors (Lipinski definition) is 9. The van der Waals surface area contributed by atoms with Crippen LogP contribution in [0, 0.1) is 5.92 Å². The van der Waals surface area contributed by atoms with Crippen molar-refractivity contribution in [2.75, 3.05) is 64.4 Å². The van der Waals surface area contributed by atoms with Crippen molar-refractivity contribution in [3.63, 3.8) is 0 Å². The topological polar surface area (TPSA) is 137 Å². The van der Waals surface area contributed by atoms with E-state index in [4.69, 9.17) is 9.84 Å². The fraction of sp³-hybridized carbons (Fsp3) is 0.684. The van der Waals surface area contributed by atoms with Crippen LogP contribution < -0.4 is 5.32 Å². The molecular weight excluding hydrogens is 772 g/mol. The summed E-state index contributed by atoms with van der Waals surface area (Å²) in [4.78, 5) is 43.5. The van der Waals surface area contributed by atoms with Gasteiger partial charge in [0.2, 0.25) is 21.8 Å². The second-order valence-electron chi connectivity index (χ2n) is 15.7. The first kappa shape index (κ1) is 42.3. The molecule has 4 aliphatic heterocycles. The third-order valence-corrected chi connectivity index (χ3v) is 13.4. The monoisotopic (exact) mass is 825 g/mol. The summed E-state index contributed by atoms with van der Waals surface area (Å²) in [6.45, 7) is 9.29. The molecule has 1 aromatic heterocycles. The number of carbonyl (C=O) groups is 3. The summed E-state index contributed by atoms with van der Waals surface area (Å²) < 4.78 is 76.6. The summed E-state index contributed by atoms with van der Waals surface area (Å²) in [5.74, 6) is -0.0451. The van der Waals surface area contributed by atoms with Gasteiger partial charge in [0, 0.05) is 99.0 Å². The molecule has 3 amide bonds. The fourth-order valence-electron chi connectivity index (χ4n) is 8.10. The summed E-state index contributed by atoms with van der Waals surface area (Å²) in [7, 11) is -3.54. The molecule has 56 heavy (non-hydrogen) atoms. The predicted octanol–water partition coefficient (Wildman–Crippen LogP) is 4.83. The summed E-state index contributed by atoms with van der Waals surface area (Å²) in [6.07, 6.45) is 1.67. The highest BCUT2D eigenvalue weighted by molar-refractivity contribution is 8.00. The summed E-state index contributed by atoms with van der Waals surface area (Å²) in [6, 6.07) is 3.95. The molecule has 18 heteroatoms. The van der Waals surface area contributed by atoms with Gasteiger partial charge in [0.15, 0.2) is 0 Å². The Bertz CT molecular complexity index is 1840. The molecule has 2 aromatic rings. The number of amides is 3. The van der Waals surface area contributed by atoms with Gasteiger partial charge >= 0.3 is 12.3 Å². The number of likely N-dealkylation sites (tertiary alicyclic amines) is 3. The Morgan fingerprint density at radius 2 is 1.75 bits per heavy atom. The maximum atomic E-state index is 14.3. The largest absolute Gasteiger partial charge is 0.449 e. The zero-order chi connectivity index (χ0) is 40.2. The van der Waals surface area contributed by atoms with Crippen LogP contribution in [0.2, 0.25) is 0 Å². The van der Waals surface area contributed by atoms with E-state index < -0.39 is 27.9 Å². The van der Waals surface area contributed by atoms with E-state index in [-0.39, 0.29) is 47.5 Å². The third kappa shape index (κ3) is 10.6. The minimum atomic E-state index is -4.66. The fourth-order valence-corrected chi connectivity index (χ4v) is 9.90. The highest BCUT2D eigenvalue weighted by Crippen LogP contribution is 2.40. The molecule has 13 nitrogen and oxygen atoms in total. The molecule has 0 atom stereocenters. The first-order valence-electron chi connectivity index (χ1n) is 19.7. The molecule has 0 spiro atoms. The van der Waals surface area contributed by atoms with Crippen LogP contribution in [0.15, 0.2) is 23.1 Å². The number of sulfonamides is 1. The van der Waals surface area contributed by atoms with E-state index in [0.29, 0.717) is 74.8 Å². The molecule has 6 rings (SSSR count). The number of piperidine rings is 2. The number of nitrogens with zero attached hydrogens (tertiary/aromatic N) is 6. The van der Waals surface area contributed by atoms with Crippen LogP contribution in [0.5, 0.6) is 0 Å². The first-order chi connectivity index (χ1) is 26.6. The number of alkyl halides is 3. The Morgan fingerprint density at radius 1 is 1.02 bits per heavy atom. The number of aryl methyl sites for hydroxylation is 1. The molecule has 0 aliphatic carbocycles. The number of alkyl carbamates (subject to hydrolysis) is 1. The van der Waals surface area contributed by atoms with Crippen LogP contribution in [0.1, 0.15) is 75.6 Å². The van der Waals surface area contributed by atoms with E-state index in [2.05, 4.69) is 10.2 Å². The van der Waals surface area contributed by atoms with E-state index >= 15 is 0 Å². The molecule has 0 saturated carbocycles. The van der Waals surface area contributed by atoms with Crippen LogP contribution in [0.3, 0.4) is 0 Å². The molecule has 1 N–H and O–H groups in total. The molecule has 4 aliphatic rings. The molecular formula is C38H54F3N7O6S2. The van der Waals surface area contributed by atoms with Gasteiger partial charge in [-0.1, -0.05) is 19.9 Å². The van der Waals surface area contributed by atoms with Crippen molar-refractivity contribution >= 4 is 39.7 Å². The SMILES string of the molecule is CC(C)COC(=O)NC1CCN(C(=O)CSc2cc(-c3nn(CCCN4CCC(N5CCCC5=O)CC4)c4c3CN(S(C)(=O)=O)CC4)ccc2C(F)(F)F)CC1. The minimum absolute atomic E-state index is 0.0640. The number of fused-ring (bicyclic) bond motifs is 1. The number of hydrogen-bond donors (Lipinski definition) is 1. The van der Waals surface area contributed by atoms with Gasteiger partial charge in [-0.25, -0.2) is 13.2 Å². The smallest absolute Gasteiger partial charge is 0.417 e. The quantitative estimate of drug-likeness (QED) is 0.282. The highest BCUT2D eigenvalue weighted by Gasteiger charge is 2.36. The van der Waals surface area contributed by atoms with Gasteiger partial charge in [-0.15, -0.1) is 11.8 Å². The lowest BCUT2D eigenvalue weighted by Crippen LogP contribution is -2.47. The predicted molar refractivity (Wildman–Crippen MR) is 206 cm³/mol. The average molecular weight is 826 g/mol. The van der Waals surface area contributed by atoms with Gasteiger partial charge in [0.1, 0.15) is 0 Å². The van der Waals surface area contributed by atoms with Gasteiger partial charge in [-0.05, 0) is 63.1 Å².